The van der Waals surface area contributed by atoms with Gasteiger partial charge in [-0.05, 0) is 28.7 Å². The van der Waals surface area contributed by atoms with Crippen LogP contribution in [0.2, 0.25) is 0 Å². The lowest BCUT2D eigenvalue weighted by molar-refractivity contribution is -0.402. The molecule has 0 saturated heterocycles. The van der Waals surface area contributed by atoms with E-state index in [4.69, 9.17) is 9.15 Å². The van der Waals surface area contributed by atoms with Crippen LogP contribution in [0.1, 0.15) is 37.7 Å². The molecule has 126 valence electrons. The van der Waals surface area contributed by atoms with Crippen molar-refractivity contribution in [2.24, 2.45) is 0 Å². The number of benzene rings is 1. The molecular weight excluding hydrogens is 310 g/mol. The second kappa shape index (κ2) is 7.12. The Labute approximate surface area is 139 Å². The van der Waals surface area contributed by atoms with Crippen molar-refractivity contribution in [1.82, 2.24) is 0 Å². The van der Waals surface area contributed by atoms with Gasteiger partial charge in [0.15, 0.2) is 0 Å². The molecule has 0 N–H and O–H groups in total. The summed E-state index contributed by atoms with van der Waals surface area (Å²) in [5, 5.41) is 10.5. The number of nitrogens with zero attached hydrogens (tertiary/aromatic N) is 1. The zero-order chi connectivity index (χ0) is 17.7. The molecule has 0 atom stereocenters. The molecule has 1 aromatic carbocycles. The van der Waals surface area contributed by atoms with Gasteiger partial charge in [-0.3, -0.25) is 10.1 Å². The monoisotopic (exact) mass is 329 g/mol. The van der Waals surface area contributed by atoms with E-state index in [9.17, 15) is 14.9 Å². The molecule has 6 nitrogen and oxygen atoms in total. The van der Waals surface area contributed by atoms with Crippen LogP contribution in [0.25, 0.3) is 6.08 Å². The van der Waals surface area contributed by atoms with Crippen LogP contribution >= 0.6 is 0 Å². The van der Waals surface area contributed by atoms with Crippen LogP contribution in [0.4, 0.5) is 5.88 Å². The van der Waals surface area contributed by atoms with Crippen LogP contribution in [0, 0.1) is 10.1 Å². The molecule has 2 aromatic rings. The molecule has 0 spiro atoms. The number of rotatable bonds is 5. The molecule has 0 unspecified atom stereocenters. The van der Waals surface area contributed by atoms with Gasteiger partial charge in [0.2, 0.25) is 0 Å². The number of esters is 1. The SMILES string of the molecule is CC(C)(C)c1ccc(COC(=O)/C=C/c2ccc([N+](=O)[O-])o2)cc1. The first-order valence-corrected chi connectivity index (χ1v) is 7.44. The van der Waals surface area contributed by atoms with Crippen LogP contribution in [-0.2, 0) is 21.6 Å². The number of furan rings is 1. The van der Waals surface area contributed by atoms with Gasteiger partial charge in [0.1, 0.15) is 17.3 Å². The Hall–Kier alpha value is -2.89. The molecule has 0 amide bonds. The van der Waals surface area contributed by atoms with Crippen LogP contribution < -0.4 is 0 Å². The normalized spacial score (nSPS) is 11.6. The van der Waals surface area contributed by atoms with Crippen molar-refractivity contribution >= 4 is 17.9 Å². The molecule has 0 aliphatic rings. The van der Waals surface area contributed by atoms with Gasteiger partial charge in [-0.25, -0.2) is 4.79 Å². The predicted octanol–water partition coefficient (Wildman–Crippen LogP) is 4.24. The summed E-state index contributed by atoms with van der Waals surface area (Å²) in [5.41, 5.74) is 2.17. The minimum Gasteiger partial charge on any atom is -0.458 e. The fraction of sp³-hybridized carbons (Fsp3) is 0.278. The summed E-state index contributed by atoms with van der Waals surface area (Å²) in [5.74, 6) is -0.705. The average molecular weight is 329 g/mol. The van der Waals surface area contributed by atoms with Crippen molar-refractivity contribution < 1.29 is 18.9 Å². The first-order valence-electron chi connectivity index (χ1n) is 7.44. The molecule has 1 heterocycles. The largest absolute Gasteiger partial charge is 0.458 e. The quantitative estimate of drug-likeness (QED) is 0.354. The topological polar surface area (TPSA) is 82.6 Å². The Morgan fingerprint density at radius 1 is 1.21 bits per heavy atom. The van der Waals surface area contributed by atoms with E-state index in [0.29, 0.717) is 0 Å². The van der Waals surface area contributed by atoms with E-state index in [1.165, 1.54) is 29.8 Å². The Morgan fingerprint density at radius 3 is 2.42 bits per heavy atom. The lowest BCUT2D eigenvalue weighted by Crippen LogP contribution is -2.10. The van der Waals surface area contributed by atoms with Gasteiger partial charge in [0.05, 0.1) is 6.07 Å². The number of ether oxygens (including phenoxy) is 1. The molecule has 24 heavy (non-hydrogen) atoms. The van der Waals surface area contributed by atoms with Gasteiger partial charge in [-0.2, -0.15) is 0 Å². The summed E-state index contributed by atoms with van der Waals surface area (Å²) in [6, 6.07) is 10.5. The fourth-order valence-electron chi connectivity index (χ4n) is 1.98. The minimum absolute atomic E-state index is 0.0730. The second-order valence-electron chi connectivity index (χ2n) is 6.32. The van der Waals surface area contributed by atoms with E-state index in [0.717, 1.165) is 5.56 Å². The standard InChI is InChI=1S/C18H19NO5/c1-18(2,3)14-6-4-13(5-7-14)12-23-17(20)11-9-15-8-10-16(24-15)19(21)22/h4-11H,12H2,1-3H3/b11-9+. The maximum Gasteiger partial charge on any atom is 0.433 e. The first-order chi connectivity index (χ1) is 11.3. The van der Waals surface area contributed by atoms with Crippen LogP contribution in [0.5, 0.6) is 0 Å². The van der Waals surface area contributed by atoms with E-state index in [2.05, 4.69) is 20.8 Å². The molecule has 0 bridgehead atoms. The molecule has 0 aliphatic carbocycles. The number of carbonyl (C=O) groups excluding carboxylic acids is 1. The number of carbonyl (C=O) groups is 1. The number of nitro groups is 1. The fourth-order valence-corrected chi connectivity index (χ4v) is 1.98. The van der Waals surface area contributed by atoms with Crippen molar-refractivity contribution in [1.29, 1.82) is 0 Å². The van der Waals surface area contributed by atoms with Crippen molar-refractivity contribution in [3.63, 3.8) is 0 Å². The third-order valence-electron chi connectivity index (χ3n) is 3.38. The van der Waals surface area contributed by atoms with E-state index in [1.54, 1.807) is 0 Å². The minimum atomic E-state index is -0.642. The van der Waals surface area contributed by atoms with Crippen molar-refractivity contribution in [3.8, 4) is 0 Å². The van der Waals surface area contributed by atoms with E-state index in [-0.39, 0.29) is 23.7 Å². The van der Waals surface area contributed by atoms with Crippen LogP contribution in [0.3, 0.4) is 0 Å². The average Bonchev–Trinajstić information content (AvgIpc) is 3.00. The summed E-state index contributed by atoms with van der Waals surface area (Å²) in [4.78, 5) is 21.5. The van der Waals surface area contributed by atoms with E-state index in [1.807, 2.05) is 24.3 Å². The molecule has 0 aliphatic heterocycles. The lowest BCUT2D eigenvalue weighted by atomic mass is 9.87. The number of hydrogen-bond donors (Lipinski definition) is 0. The maximum atomic E-state index is 11.7. The van der Waals surface area contributed by atoms with Crippen LogP contribution in [0.15, 0.2) is 46.9 Å². The summed E-state index contributed by atoms with van der Waals surface area (Å²) in [6.07, 6.45) is 2.50. The Bertz CT molecular complexity index is 750. The smallest absolute Gasteiger partial charge is 0.433 e. The van der Waals surface area contributed by atoms with Crippen LogP contribution in [-0.4, -0.2) is 10.9 Å². The zero-order valence-electron chi connectivity index (χ0n) is 13.8. The predicted molar refractivity (Wildman–Crippen MR) is 89.3 cm³/mol. The Kier molecular flexibility index (Phi) is 5.18. The molecule has 1 aromatic heterocycles. The van der Waals surface area contributed by atoms with Gasteiger partial charge < -0.3 is 9.15 Å². The van der Waals surface area contributed by atoms with Gasteiger partial charge >= 0.3 is 11.9 Å². The summed E-state index contributed by atoms with van der Waals surface area (Å²) in [6.45, 7) is 6.55. The second-order valence-corrected chi connectivity index (χ2v) is 6.32. The van der Waals surface area contributed by atoms with Crippen molar-refractivity contribution in [2.45, 2.75) is 32.8 Å². The summed E-state index contributed by atoms with van der Waals surface area (Å²) >= 11 is 0. The lowest BCUT2D eigenvalue weighted by Gasteiger charge is -2.19. The number of hydrogen-bond acceptors (Lipinski definition) is 5. The van der Waals surface area contributed by atoms with Gasteiger partial charge in [0.25, 0.3) is 0 Å². The highest BCUT2D eigenvalue weighted by atomic mass is 16.6. The molecule has 0 saturated carbocycles. The van der Waals surface area contributed by atoms with Gasteiger partial charge in [-0.15, -0.1) is 0 Å². The highest BCUT2D eigenvalue weighted by Gasteiger charge is 2.13. The maximum absolute atomic E-state index is 11.7. The third kappa shape index (κ3) is 4.81. The van der Waals surface area contributed by atoms with Gasteiger partial charge in [-0.1, -0.05) is 45.0 Å². The van der Waals surface area contributed by atoms with E-state index >= 15 is 0 Å². The summed E-state index contributed by atoms with van der Waals surface area (Å²) in [7, 11) is 0. The van der Waals surface area contributed by atoms with E-state index < -0.39 is 10.9 Å². The molecule has 0 fully saturated rings. The molecule has 2 rings (SSSR count). The Balaban J connectivity index is 1.88. The molecule has 0 radical (unpaired) electrons. The first kappa shape index (κ1) is 17.5. The zero-order valence-corrected chi connectivity index (χ0v) is 13.8. The molecular formula is C18H19NO5. The van der Waals surface area contributed by atoms with Crippen molar-refractivity contribution in [3.05, 3.63) is 69.5 Å². The Morgan fingerprint density at radius 2 is 1.88 bits per heavy atom. The molecule has 6 heteroatoms. The highest BCUT2D eigenvalue weighted by Crippen LogP contribution is 2.22. The summed E-state index contributed by atoms with van der Waals surface area (Å²) < 4.78 is 10.0. The van der Waals surface area contributed by atoms with Crippen molar-refractivity contribution in [2.75, 3.05) is 0 Å². The highest BCUT2D eigenvalue weighted by molar-refractivity contribution is 5.86. The van der Waals surface area contributed by atoms with Gasteiger partial charge in [0, 0.05) is 6.08 Å². The third-order valence-corrected chi connectivity index (χ3v) is 3.38.